The molecule has 182 valence electrons. The summed E-state index contributed by atoms with van der Waals surface area (Å²) in [5.41, 5.74) is 2.23. The normalized spacial score (nSPS) is 14.4. The Kier molecular flexibility index (Phi) is 5.63. The third-order valence-electron chi connectivity index (χ3n) is 5.89. The lowest BCUT2D eigenvalue weighted by Crippen LogP contribution is -2.36. The molecule has 1 amide bonds. The van der Waals surface area contributed by atoms with Crippen LogP contribution in [0.3, 0.4) is 0 Å². The van der Waals surface area contributed by atoms with E-state index in [1.165, 1.54) is 23.5 Å². The van der Waals surface area contributed by atoms with E-state index in [1.807, 2.05) is 18.2 Å². The van der Waals surface area contributed by atoms with Crippen molar-refractivity contribution in [3.63, 3.8) is 0 Å². The van der Waals surface area contributed by atoms with Crippen LogP contribution in [0.5, 0.6) is 0 Å². The summed E-state index contributed by atoms with van der Waals surface area (Å²) in [6.07, 6.45) is 1.73. The van der Waals surface area contributed by atoms with E-state index < -0.39 is 15.9 Å². The summed E-state index contributed by atoms with van der Waals surface area (Å²) < 4.78 is 33.8. The fraction of sp³-hybridized carbons (Fsp3) is 0.167. The number of aromatic nitrogens is 4. The van der Waals surface area contributed by atoms with Gasteiger partial charge in [0.15, 0.2) is 11.6 Å². The summed E-state index contributed by atoms with van der Waals surface area (Å²) in [5, 5.41) is 7.97. The van der Waals surface area contributed by atoms with Gasteiger partial charge in [-0.2, -0.15) is 5.10 Å². The summed E-state index contributed by atoms with van der Waals surface area (Å²) >= 11 is 1.17. The molecule has 5 aromatic rings. The van der Waals surface area contributed by atoms with E-state index in [2.05, 4.69) is 19.8 Å². The van der Waals surface area contributed by atoms with Gasteiger partial charge in [0.25, 0.3) is 15.9 Å². The van der Waals surface area contributed by atoms with E-state index in [9.17, 15) is 13.2 Å². The van der Waals surface area contributed by atoms with Crippen molar-refractivity contribution in [1.29, 1.82) is 0 Å². The monoisotopic (exact) mass is 520 g/mol. The first-order valence-electron chi connectivity index (χ1n) is 11.2. The molecule has 12 heteroatoms. The second-order valence-electron chi connectivity index (χ2n) is 8.18. The molecule has 0 aliphatic carbocycles. The lowest BCUT2D eigenvalue weighted by Gasteiger charge is -2.28. The lowest BCUT2D eigenvalue weighted by molar-refractivity contribution is 0.0985. The fourth-order valence-corrected chi connectivity index (χ4v) is 6.19. The van der Waals surface area contributed by atoms with Crippen molar-refractivity contribution in [1.82, 2.24) is 24.9 Å². The van der Waals surface area contributed by atoms with Crippen LogP contribution in [0.15, 0.2) is 65.7 Å². The highest BCUT2D eigenvalue weighted by atomic mass is 32.2. The number of morpholine rings is 1. The first-order chi connectivity index (χ1) is 17.5. The Morgan fingerprint density at radius 2 is 1.86 bits per heavy atom. The van der Waals surface area contributed by atoms with Crippen molar-refractivity contribution in [3.05, 3.63) is 65.7 Å². The van der Waals surface area contributed by atoms with Gasteiger partial charge in [-0.05, 0) is 24.3 Å². The first-order valence-corrected chi connectivity index (χ1v) is 13.5. The third kappa shape index (κ3) is 4.08. The predicted octanol–water partition coefficient (Wildman–Crippen LogP) is 3.19. The number of benzene rings is 2. The van der Waals surface area contributed by atoms with Gasteiger partial charge < -0.3 is 9.64 Å². The number of ether oxygens (including phenoxy) is 1. The molecule has 0 radical (unpaired) electrons. The van der Waals surface area contributed by atoms with Crippen LogP contribution in [0.25, 0.3) is 32.5 Å². The van der Waals surface area contributed by atoms with E-state index in [4.69, 9.17) is 14.7 Å². The number of rotatable bonds is 5. The van der Waals surface area contributed by atoms with Crippen LogP contribution in [0.2, 0.25) is 0 Å². The second kappa shape index (κ2) is 8.97. The molecule has 6 rings (SSSR count). The number of H-pyrrole nitrogens is 1. The van der Waals surface area contributed by atoms with Crippen molar-refractivity contribution in [2.24, 2.45) is 0 Å². The number of fused-ring (bicyclic) bond motifs is 2. The number of amides is 1. The topological polar surface area (TPSA) is 130 Å². The molecule has 36 heavy (non-hydrogen) atoms. The minimum absolute atomic E-state index is 0.0174. The van der Waals surface area contributed by atoms with Crippen molar-refractivity contribution in [2.75, 3.05) is 31.2 Å². The molecule has 2 aromatic carbocycles. The predicted molar refractivity (Wildman–Crippen MR) is 137 cm³/mol. The standard InChI is InChI=1S/C24H20N6O4S2/c31-24(29-36(32,33)15-5-2-1-3-6-15)20-13-19-21(35-20)23(30-9-11-34-12-10-30)27-22(26-19)16-7-4-8-18-17(16)14-25-28-18/h1-8,13-14H,9-12H2,(H,25,28)(H,29,31). The smallest absolute Gasteiger partial charge is 0.275 e. The number of nitrogens with zero attached hydrogens (tertiary/aromatic N) is 4. The van der Waals surface area contributed by atoms with Crippen LogP contribution in [0, 0.1) is 0 Å². The maximum Gasteiger partial charge on any atom is 0.275 e. The molecule has 0 atom stereocenters. The van der Waals surface area contributed by atoms with Crippen molar-refractivity contribution in [2.45, 2.75) is 4.90 Å². The van der Waals surface area contributed by atoms with Crippen LogP contribution >= 0.6 is 11.3 Å². The number of anilines is 1. The van der Waals surface area contributed by atoms with Gasteiger partial charge in [0.2, 0.25) is 0 Å². The van der Waals surface area contributed by atoms with Crippen LogP contribution < -0.4 is 9.62 Å². The molecule has 1 saturated heterocycles. The number of carbonyl (C=O) groups excluding carboxylic acids is 1. The van der Waals surface area contributed by atoms with Gasteiger partial charge >= 0.3 is 0 Å². The van der Waals surface area contributed by atoms with Gasteiger partial charge in [-0.15, -0.1) is 11.3 Å². The number of sulfonamides is 1. The summed E-state index contributed by atoms with van der Waals surface area (Å²) in [6, 6.07) is 15.1. The van der Waals surface area contributed by atoms with Gasteiger partial charge in [0, 0.05) is 24.0 Å². The molecular formula is C24H20N6O4S2. The van der Waals surface area contributed by atoms with E-state index >= 15 is 0 Å². The van der Waals surface area contributed by atoms with E-state index in [1.54, 1.807) is 30.5 Å². The molecule has 0 bridgehead atoms. The van der Waals surface area contributed by atoms with Gasteiger partial charge in [-0.3, -0.25) is 9.89 Å². The van der Waals surface area contributed by atoms with Crippen LogP contribution in [0.1, 0.15) is 9.67 Å². The number of carbonyl (C=O) groups is 1. The Balaban J connectivity index is 1.44. The van der Waals surface area contributed by atoms with Crippen LogP contribution in [-0.2, 0) is 14.8 Å². The Labute approximate surface area is 210 Å². The van der Waals surface area contributed by atoms with Gasteiger partial charge in [0.1, 0.15) is 0 Å². The molecule has 0 unspecified atom stereocenters. The molecule has 1 aliphatic rings. The summed E-state index contributed by atoms with van der Waals surface area (Å²) in [7, 11) is -4.01. The maximum atomic E-state index is 13.0. The maximum absolute atomic E-state index is 13.0. The molecule has 0 saturated carbocycles. The van der Waals surface area contributed by atoms with Gasteiger partial charge in [-0.1, -0.05) is 30.3 Å². The van der Waals surface area contributed by atoms with E-state index in [-0.39, 0.29) is 9.77 Å². The SMILES string of the molecule is O=C(NS(=O)(=O)c1ccccc1)c1cc2nc(-c3cccc4[nH]ncc34)nc(N3CCOCC3)c2s1. The Morgan fingerprint density at radius 1 is 1.06 bits per heavy atom. The third-order valence-corrected chi connectivity index (χ3v) is 8.36. The summed E-state index contributed by atoms with van der Waals surface area (Å²) in [4.78, 5) is 25.0. The number of nitrogens with one attached hydrogen (secondary N) is 2. The molecule has 10 nitrogen and oxygen atoms in total. The van der Waals surface area contributed by atoms with Crippen LogP contribution in [0.4, 0.5) is 5.82 Å². The minimum atomic E-state index is -4.01. The zero-order chi connectivity index (χ0) is 24.7. The molecular weight excluding hydrogens is 500 g/mol. The average Bonchev–Trinajstić information content (AvgIpc) is 3.56. The second-order valence-corrected chi connectivity index (χ2v) is 10.9. The molecule has 3 aromatic heterocycles. The number of hydrogen-bond acceptors (Lipinski definition) is 9. The zero-order valence-corrected chi connectivity index (χ0v) is 20.5. The molecule has 2 N–H and O–H groups in total. The van der Waals surface area contributed by atoms with E-state index in [0.717, 1.165) is 16.5 Å². The molecule has 4 heterocycles. The highest BCUT2D eigenvalue weighted by Gasteiger charge is 2.24. The lowest BCUT2D eigenvalue weighted by atomic mass is 10.1. The molecule has 1 aliphatic heterocycles. The number of hydrogen-bond donors (Lipinski definition) is 2. The van der Waals surface area contributed by atoms with E-state index in [0.29, 0.717) is 48.2 Å². The Morgan fingerprint density at radius 3 is 2.67 bits per heavy atom. The summed E-state index contributed by atoms with van der Waals surface area (Å²) in [5.74, 6) is 0.472. The largest absolute Gasteiger partial charge is 0.378 e. The van der Waals surface area contributed by atoms with Crippen molar-refractivity contribution >= 4 is 54.2 Å². The Hall–Kier alpha value is -3.87. The minimum Gasteiger partial charge on any atom is -0.378 e. The fourth-order valence-electron chi connectivity index (χ4n) is 4.13. The zero-order valence-electron chi connectivity index (χ0n) is 18.8. The Bertz CT molecular complexity index is 1690. The first kappa shape index (κ1) is 22.6. The number of thiophene rings is 1. The highest BCUT2D eigenvalue weighted by Crippen LogP contribution is 2.36. The molecule has 1 fully saturated rings. The number of aromatic amines is 1. The molecule has 0 spiro atoms. The highest BCUT2D eigenvalue weighted by molar-refractivity contribution is 7.90. The van der Waals surface area contributed by atoms with Crippen molar-refractivity contribution in [3.8, 4) is 11.4 Å². The summed E-state index contributed by atoms with van der Waals surface area (Å²) in [6.45, 7) is 2.41. The van der Waals surface area contributed by atoms with Gasteiger partial charge in [0.05, 0.1) is 44.9 Å². The average molecular weight is 521 g/mol. The quantitative estimate of drug-likeness (QED) is 0.361. The van der Waals surface area contributed by atoms with Gasteiger partial charge in [-0.25, -0.2) is 23.1 Å². The van der Waals surface area contributed by atoms with Crippen molar-refractivity contribution < 1.29 is 17.9 Å². The van der Waals surface area contributed by atoms with Crippen LogP contribution in [-0.4, -0.2) is 60.8 Å².